The van der Waals surface area contributed by atoms with Gasteiger partial charge in [-0.2, -0.15) is 4.98 Å². The molecule has 3 aromatic heterocycles. The van der Waals surface area contributed by atoms with Crippen LogP contribution in [0.25, 0.3) is 11.6 Å². The first-order valence-corrected chi connectivity index (χ1v) is 8.09. The number of hydrogen-bond donors (Lipinski definition) is 0. The Bertz CT molecular complexity index is 796. The summed E-state index contributed by atoms with van der Waals surface area (Å²) in [7, 11) is 0. The molecule has 0 N–H and O–H groups in total. The summed E-state index contributed by atoms with van der Waals surface area (Å²) in [5.41, 5.74) is 0. The van der Waals surface area contributed by atoms with Gasteiger partial charge in [-0.3, -0.25) is 4.79 Å². The number of amides is 1. The topological polar surface area (TPSA) is 85.0 Å². The maximum absolute atomic E-state index is 12.1. The predicted molar refractivity (Wildman–Crippen MR) is 82.7 cm³/mol. The van der Waals surface area contributed by atoms with E-state index in [4.69, 9.17) is 4.52 Å². The number of nitrogens with zero attached hydrogens (tertiary/aromatic N) is 5. The van der Waals surface area contributed by atoms with Gasteiger partial charge in [0.1, 0.15) is 0 Å². The van der Waals surface area contributed by atoms with Crippen molar-refractivity contribution >= 4 is 17.2 Å². The Balaban J connectivity index is 1.37. The zero-order chi connectivity index (χ0) is 15.6. The second-order valence-electron chi connectivity index (χ2n) is 5.28. The van der Waals surface area contributed by atoms with Gasteiger partial charge in [-0.1, -0.05) is 11.2 Å². The molecule has 0 unspecified atom stereocenters. The Morgan fingerprint density at radius 1 is 1.26 bits per heavy atom. The molecule has 0 radical (unpaired) electrons. The van der Waals surface area contributed by atoms with Crippen LogP contribution in [0, 0.1) is 0 Å². The first-order valence-electron chi connectivity index (χ1n) is 7.21. The van der Waals surface area contributed by atoms with E-state index in [0.717, 1.165) is 4.88 Å². The third-order valence-electron chi connectivity index (χ3n) is 3.70. The summed E-state index contributed by atoms with van der Waals surface area (Å²) in [6.45, 7) is 1.23. The summed E-state index contributed by atoms with van der Waals surface area (Å²) in [5.74, 6) is 1.58. The largest absolute Gasteiger partial charge is 0.341 e. The SMILES string of the molecule is O=C(Cc1cccs1)N1CC(c2nc(-c3ncccn3)no2)C1. The number of carbonyl (C=O) groups excluding carboxylic acids is 1. The van der Waals surface area contributed by atoms with Crippen LogP contribution in [-0.4, -0.2) is 44.0 Å². The van der Waals surface area contributed by atoms with Crippen molar-refractivity contribution in [2.24, 2.45) is 0 Å². The van der Waals surface area contributed by atoms with E-state index >= 15 is 0 Å². The van der Waals surface area contributed by atoms with Crippen LogP contribution in [0.4, 0.5) is 0 Å². The van der Waals surface area contributed by atoms with Crippen molar-refractivity contribution in [1.29, 1.82) is 0 Å². The maximum Gasteiger partial charge on any atom is 0.240 e. The average Bonchev–Trinajstić information content (AvgIpc) is 3.18. The summed E-state index contributed by atoms with van der Waals surface area (Å²) in [6, 6.07) is 5.66. The molecule has 0 bridgehead atoms. The first-order chi connectivity index (χ1) is 11.3. The minimum atomic E-state index is 0.0900. The lowest BCUT2D eigenvalue weighted by molar-refractivity contribution is -0.135. The standard InChI is InChI=1S/C15H13N5O2S/c21-12(7-11-3-1-6-23-11)20-8-10(9-20)15-18-14(19-22-15)13-16-4-2-5-17-13/h1-6,10H,7-9H2. The fourth-order valence-corrected chi connectivity index (χ4v) is 3.11. The predicted octanol–water partition coefficient (Wildman–Crippen LogP) is 1.76. The van der Waals surface area contributed by atoms with E-state index in [9.17, 15) is 4.79 Å². The summed E-state index contributed by atoms with van der Waals surface area (Å²) in [5, 5.41) is 5.89. The van der Waals surface area contributed by atoms with Crippen LogP contribution in [0.3, 0.4) is 0 Å². The molecule has 0 spiro atoms. The summed E-state index contributed by atoms with van der Waals surface area (Å²) < 4.78 is 5.28. The molecular weight excluding hydrogens is 314 g/mol. The van der Waals surface area contributed by atoms with Crippen molar-refractivity contribution in [2.45, 2.75) is 12.3 Å². The van der Waals surface area contributed by atoms with Gasteiger partial charge in [0, 0.05) is 30.4 Å². The second-order valence-corrected chi connectivity index (χ2v) is 6.31. The molecule has 0 atom stereocenters. The molecule has 116 valence electrons. The molecule has 0 saturated carbocycles. The third kappa shape index (κ3) is 2.85. The number of hydrogen-bond acceptors (Lipinski definition) is 7. The van der Waals surface area contributed by atoms with E-state index in [1.165, 1.54) is 0 Å². The maximum atomic E-state index is 12.1. The molecule has 1 amide bonds. The highest BCUT2D eigenvalue weighted by molar-refractivity contribution is 7.10. The van der Waals surface area contributed by atoms with Crippen molar-refractivity contribution in [3.8, 4) is 11.6 Å². The first kappa shape index (κ1) is 14.0. The molecule has 7 nitrogen and oxygen atoms in total. The highest BCUT2D eigenvalue weighted by Gasteiger charge is 2.35. The Hall–Kier alpha value is -2.61. The highest BCUT2D eigenvalue weighted by Crippen LogP contribution is 2.27. The molecule has 1 saturated heterocycles. The second kappa shape index (κ2) is 5.88. The van der Waals surface area contributed by atoms with Crippen LogP contribution in [0.5, 0.6) is 0 Å². The molecule has 3 aromatic rings. The van der Waals surface area contributed by atoms with Gasteiger partial charge in [-0.25, -0.2) is 9.97 Å². The van der Waals surface area contributed by atoms with Gasteiger partial charge in [0.25, 0.3) is 0 Å². The van der Waals surface area contributed by atoms with Crippen molar-refractivity contribution in [3.05, 3.63) is 46.7 Å². The van der Waals surface area contributed by atoms with E-state index in [-0.39, 0.29) is 11.8 Å². The van der Waals surface area contributed by atoms with Gasteiger partial charge in [0.15, 0.2) is 0 Å². The summed E-state index contributed by atoms with van der Waals surface area (Å²) in [6.07, 6.45) is 3.72. The molecule has 0 aliphatic carbocycles. The Kier molecular flexibility index (Phi) is 3.58. The smallest absolute Gasteiger partial charge is 0.240 e. The van der Waals surface area contributed by atoms with Crippen LogP contribution in [0.1, 0.15) is 16.7 Å². The third-order valence-corrected chi connectivity index (χ3v) is 4.57. The quantitative estimate of drug-likeness (QED) is 0.726. The van der Waals surface area contributed by atoms with Crippen molar-refractivity contribution < 1.29 is 9.32 Å². The normalized spacial score (nSPS) is 14.7. The van der Waals surface area contributed by atoms with Crippen LogP contribution < -0.4 is 0 Å². The van der Waals surface area contributed by atoms with Crippen molar-refractivity contribution in [3.63, 3.8) is 0 Å². The zero-order valence-corrected chi connectivity index (χ0v) is 12.9. The number of thiophene rings is 1. The number of carbonyl (C=O) groups is 1. The summed E-state index contributed by atoms with van der Waals surface area (Å²) >= 11 is 1.60. The fourth-order valence-electron chi connectivity index (χ4n) is 2.42. The minimum Gasteiger partial charge on any atom is -0.341 e. The molecule has 4 heterocycles. The lowest BCUT2D eigenvalue weighted by atomic mass is 9.99. The number of likely N-dealkylation sites (tertiary alicyclic amines) is 1. The van der Waals surface area contributed by atoms with Gasteiger partial charge in [-0.15, -0.1) is 11.3 Å². The van der Waals surface area contributed by atoms with E-state index in [2.05, 4.69) is 20.1 Å². The van der Waals surface area contributed by atoms with Crippen LogP contribution in [0.2, 0.25) is 0 Å². The molecule has 0 aromatic carbocycles. The van der Waals surface area contributed by atoms with Gasteiger partial charge in [-0.05, 0) is 17.5 Å². The van der Waals surface area contributed by atoms with Crippen molar-refractivity contribution in [1.82, 2.24) is 25.0 Å². The Morgan fingerprint density at radius 3 is 2.83 bits per heavy atom. The fraction of sp³-hybridized carbons (Fsp3) is 0.267. The molecule has 1 aliphatic heterocycles. The average molecular weight is 327 g/mol. The van der Waals surface area contributed by atoms with Crippen LogP contribution in [0.15, 0.2) is 40.5 Å². The summed E-state index contributed by atoms with van der Waals surface area (Å²) in [4.78, 5) is 27.6. The van der Waals surface area contributed by atoms with E-state index < -0.39 is 0 Å². The molecule has 1 aliphatic rings. The minimum absolute atomic E-state index is 0.0900. The number of aromatic nitrogens is 4. The lowest BCUT2D eigenvalue weighted by Crippen LogP contribution is -2.49. The molecular formula is C15H13N5O2S. The molecule has 1 fully saturated rings. The highest BCUT2D eigenvalue weighted by atomic mass is 32.1. The van der Waals surface area contributed by atoms with Gasteiger partial charge in [0.05, 0.1) is 12.3 Å². The number of rotatable bonds is 4. The van der Waals surface area contributed by atoms with Crippen LogP contribution in [-0.2, 0) is 11.2 Å². The van der Waals surface area contributed by atoms with Gasteiger partial charge in [0.2, 0.25) is 23.4 Å². The van der Waals surface area contributed by atoms with Crippen molar-refractivity contribution in [2.75, 3.05) is 13.1 Å². The monoisotopic (exact) mass is 327 g/mol. The van der Waals surface area contributed by atoms with E-state index in [1.807, 2.05) is 22.4 Å². The van der Waals surface area contributed by atoms with E-state index in [1.54, 1.807) is 29.8 Å². The lowest BCUT2D eigenvalue weighted by Gasteiger charge is -2.37. The Morgan fingerprint density at radius 2 is 2.09 bits per heavy atom. The Labute approximate surface area is 136 Å². The molecule has 8 heteroatoms. The molecule has 23 heavy (non-hydrogen) atoms. The van der Waals surface area contributed by atoms with Crippen LogP contribution >= 0.6 is 11.3 Å². The van der Waals surface area contributed by atoms with E-state index in [0.29, 0.717) is 37.0 Å². The molecule has 4 rings (SSSR count). The van der Waals surface area contributed by atoms with Gasteiger partial charge >= 0.3 is 0 Å². The van der Waals surface area contributed by atoms with Gasteiger partial charge < -0.3 is 9.42 Å². The zero-order valence-electron chi connectivity index (χ0n) is 12.1.